The second-order valence-electron chi connectivity index (χ2n) is 5.54. The Balaban J connectivity index is 2.15. The minimum absolute atomic E-state index is 0.0351. The first-order valence-corrected chi connectivity index (χ1v) is 6.74. The zero-order chi connectivity index (χ0) is 13.6. The van der Waals surface area contributed by atoms with E-state index in [0.29, 0.717) is 35.1 Å². The Hall–Kier alpha value is -1.74. The van der Waals surface area contributed by atoms with Gasteiger partial charge in [-0.05, 0) is 26.7 Å². The molecule has 98 valence electrons. The molecule has 1 aromatic carbocycles. The van der Waals surface area contributed by atoms with Gasteiger partial charge in [0.15, 0.2) is 11.6 Å². The van der Waals surface area contributed by atoms with Gasteiger partial charge in [-0.2, -0.15) is 0 Å². The largest absolute Gasteiger partial charge is 0.311 e. The summed E-state index contributed by atoms with van der Waals surface area (Å²) in [5.41, 5.74) is 2.56. The van der Waals surface area contributed by atoms with E-state index in [1.54, 1.807) is 12.1 Å². The fourth-order valence-corrected chi connectivity index (χ4v) is 3.13. The molecule has 0 spiro atoms. The van der Waals surface area contributed by atoms with Gasteiger partial charge in [-0.15, -0.1) is 0 Å². The predicted octanol–water partition coefficient (Wildman–Crippen LogP) is 2.52. The molecule has 19 heavy (non-hydrogen) atoms. The summed E-state index contributed by atoms with van der Waals surface area (Å²) in [6.45, 7) is 4.12. The van der Waals surface area contributed by atoms with Gasteiger partial charge in [0.1, 0.15) is 0 Å². The molecular formula is C16H17NO2. The lowest BCUT2D eigenvalue weighted by atomic mass is 9.81. The Labute approximate surface area is 112 Å². The van der Waals surface area contributed by atoms with Crippen molar-refractivity contribution >= 4 is 11.6 Å². The minimum atomic E-state index is 0.0351. The van der Waals surface area contributed by atoms with Crippen molar-refractivity contribution in [3.05, 3.63) is 46.5 Å². The Morgan fingerprint density at radius 3 is 1.74 bits per heavy atom. The Bertz CT molecular complexity index is 550. The van der Waals surface area contributed by atoms with Crippen LogP contribution in [-0.4, -0.2) is 23.7 Å². The van der Waals surface area contributed by atoms with Crippen molar-refractivity contribution < 1.29 is 9.59 Å². The Kier molecular flexibility index (Phi) is 2.86. The van der Waals surface area contributed by atoms with Crippen LogP contribution in [0.15, 0.2) is 35.4 Å². The lowest BCUT2D eigenvalue weighted by molar-refractivity contribution is 0.0969. The number of nitrogens with one attached hydrogen (secondary N) is 1. The maximum atomic E-state index is 12.6. The normalized spacial score (nSPS) is 26.8. The number of fused-ring (bicyclic) bond motifs is 1. The predicted molar refractivity (Wildman–Crippen MR) is 73.4 cm³/mol. The standard InChI is InChI=1S/C16H17NO2/c1-9-7-13-14(8-10(2)17-9)16(19)12-6-4-3-5-11(12)15(13)18/h3-6,9-10,17H,7-8H2,1-2H3/t9-,10-/m0/s1. The van der Waals surface area contributed by atoms with Gasteiger partial charge >= 0.3 is 0 Å². The molecule has 2 aliphatic rings. The van der Waals surface area contributed by atoms with Gasteiger partial charge in [0.05, 0.1) is 0 Å². The summed E-state index contributed by atoms with van der Waals surface area (Å²) in [6.07, 6.45) is 1.27. The van der Waals surface area contributed by atoms with Gasteiger partial charge in [0.25, 0.3) is 0 Å². The van der Waals surface area contributed by atoms with Crippen molar-refractivity contribution in [1.29, 1.82) is 0 Å². The highest BCUT2D eigenvalue weighted by Crippen LogP contribution is 2.32. The number of benzene rings is 1. The van der Waals surface area contributed by atoms with E-state index in [0.717, 1.165) is 0 Å². The van der Waals surface area contributed by atoms with Gasteiger partial charge in [-0.3, -0.25) is 9.59 Å². The van der Waals surface area contributed by atoms with Gasteiger partial charge in [-0.25, -0.2) is 0 Å². The van der Waals surface area contributed by atoms with Gasteiger partial charge in [0.2, 0.25) is 0 Å². The molecule has 1 heterocycles. The van der Waals surface area contributed by atoms with E-state index in [9.17, 15) is 9.59 Å². The number of carbonyl (C=O) groups excluding carboxylic acids is 2. The molecule has 1 N–H and O–H groups in total. The van der Waals surface area contributed by atoms with Crippen molar-refractivity contribution in [1.82, 2.24) is 5.32 Å². The zero-order valence-corrected chi connectivity index (χ0v) is 11.2. The van der Waals surface area contributed by atoms with E-state index in [1.807, 2.05) is 12.1 Å². The molecule has 0 unspecified atom stereocenters. The van der Waals surface area contributed by atoms with E-state index < -0.39 is 0 Å². The van der Waals surface area contributed by atoms with E-state index in [-0.39, 0.29) is 23.7 Å². The first-order chi connectivity index (χ1) is 9.08. The third-order valence-electron chi connectivity index (χ3n) is 3.92. The van der Waals surface area contributed by atoms with Crippen molar-refractivity contribution in [2.75, 3.05) is 0 Å². The van der Waals surface area contributed by atoms with E-state index in [2.05, 4.69) is 19.2 Å². The van der Waals surface area contributed by atoms with E-state index >= 15 is 0 Å². The molecule has 0 bridgehead atoms. The second kappa shape index (κ2) is 4.42. The van der Waals surface area contributed by atoms with Crippen LogP contribution < -0.4 is 5.32 Å². The number of ketones is 2. The van der Waals surface area contributed by atoms with Crippen LogP contribution >= 0.6 is 0 Å². The maximum absolute atomic E-state index is 12.6. The van der Waals surface area contributed by atoms with Crippen molar-refractivity contribution in [3.63, 3.8) is 0 Å². The Morgan fingerprint density at radius 1 is 0.895 bits per heavy atom. The topological polar surface area (TPSA) is 46.2 Å². The molecule has 0 saturated heterocycles. The highest BCUT2D eigenvalue weighted by Gasteiger charge is 2.34. The lowest BCUT2D eigenvalue weighted by Crippen LogP contribution is -2.33. The van der Waals surface area contributed by atoms with E-state index in [1.165, 1.54) is 0 Å². The first-order valence-electron chi connectivity index (χ1n) is 6.74. The quantitative estimate of drug-likeness (QED) is 0.775. The zero-order valence-electron chi connectivity index (χ0n) is 11.2. The van der Waals surface area contributed by atoms with Crippen LogP contribution in [0.2, 0.25) is 0 Å². The smallest absolute Gasteiger partial charge is 0.190 e. The first kappa shape index (κ1) is 12.3. The molecule has 3 rings (SSSR count). The van der Waals surface area contributed by atoms with Crippen molar-refractivity contribution in [2.45, 2.75) is 38.8 Å². The van der Waals surface area contributed by atoms with Crippen LogP contribution in [0.5, 0.6) is 0 Å². The lowest BCUT2D eigenvalue weighted by Gasteiger charge is -2.20. The van der Waals surface area contributed by atoms with Crippen LogP contribution in [-0.2, 0) is 0 Å². The number of carbonyl (C=O) groups is 2. The molecule has 1 aliphatic carbocycles. The maximum Gasteiger partial charge on any atom is 0.190 e. The highest BCUT2D eigenvalue weighted by molar-refractivity contribution is 6.27. The SMILES string of the molecule is C[C@H]1CC2=C(C[C@H](C)N1)C(=O)c1ccccc1C2=O. The van der Waals surface area contributed by atoms with Crippen molar-refractivity contribution in [2.24, 2.45) is 0 Å². The Morgan fingerprint density at radius 2 is 1.32 bits per heavy atom. The summed E-state index contributed by atoms with van der Waals surface area (Å²) >= 11 is 0. The third-order valence-corrected chi connectivity index (χ3v) is 3.92. The third kappa shape index (κ3) is 1.94. The molecule has 0 radical (unpaired) electrons. The number of Topliss-reactive ketones (excluding diaryl/α,β-unsaturated/α-hetero) is 2. The summed E-state index contributed by atoms with van der Waals surface area (Å²) in [5, 5.41) is 3.42. The average Bonchev–Trinajstić information content (AvgIpc) is 2.54. The number of hydrogen-bond donors (Lipinski definition) is 1. The van der Waals surface area contributed by atoms with Gasteiger partial charge in [0, 0.05) is 34.4 Å². The molecule has 0 amide bonds. The molecule has 3 heteroatoms. The molecule has 0 fully saturated rings. The fourth-order valence-electron chi connectivity index (χ4n) is 3.13. The van der Waals surface area contributed by atoms with E-state index in [4.69, 9.17) is 0 Å². The molecule has 3 nitrogen and oxygen atoms in total. The van der Waals surface area contributed by atoms with Crippen molar-refractivity contribution in [3.8, 4) is 0 Å². The molecular weight excluding hydrogens is 238 g/mol. The number of hydrogen-bond acceptors (Lipinski definition) is 3. The molecule has 1 aromatic rings. The van der Waals surface area contributed by atoms with Crippen LogP contribution in [0.3, 0.4) is 0 Å². The summed E-state index contributed by atoms with van der Waals surface area (Å²) in [5.74, 6) is 0.0703. The molecule has 0 aromatic heterocycles. The fraction of sp³-hybridized carbons (Fsp3) is 0.375. The van der Waals surface area contributed by atoms with Gasteiger partial charge in [-0.1, -0.05) is 24.3 Å². The average molecular weight is 255 g/mol. The summed E-state index contributed by atoms with van der Waals surface area (Å²) in [4.78, 5) is 25.1. The van der Waals surface area contributed by atoms with Crippen LogP contribution in [0.1, 0.15) is 47.4 Å². The van der Waals surface area contributed by atoms with Crippen LogP contribution in [0, 0.1) is 0 Å². The second-order valence-corrected chi connectivity index (χ2v) is 5.54. The minimum Gasteiger partial charge on any atom is -0.311 e. The number of rotatable bonds is 0. The summed E-state index contributed by atoms with van der Waals surface area (Å²) in [7, 11) is 0. The highest BCUT2D eigenvalue weighted by atomic mass is 16.1. The molecule has 2 atom stereocenters. The summed E-state index contributed by atoms with van der Waals surface area (Å²) < 4.78 is 0. The van der Waals surface area contributed by atoms with Crippen LogP contribution in [0.4, 0.5) is 0 Å². The molecule has 0 saturated carbocycles. The molecule has 1 aliphatic heterocycles. The summed E-state index contributed by atoms with van der Waals surface area (Å²) in [6, 6.07) is 7.60. The monoisotopic (exact) mass is 255 g/mol. The van der Waals surface area contributed by atoms with Gasteiger partial charge < -0.3 is 5.32 Å². The van der Waals surface area contributed by atoms with Crippen LogP contribution in [0.25, 0.3) is 0 Å².